The van der Waals surface area contributed by atoms with E-state index in [9.17, 15) is 4.79 Å². The van der Waals surface area contributed by atoms with Crippen molar-refractivity contribution in [3.8, 4) is 10.7 Å². The summed E-state index contributed by atoms with van der Waals surface area (Å²) in [6.45, 7) is 4.92. The first-order chi connectivity index (χ1) is 12.2. The molecule has 0 bridgehead atoms. The quantitative estimate of drug-likeness (QED) is 0.628. The molecule has 5 nitrogen and oxygen atoms in total. The number of nitrogens with one attached hydrogen (secondary N) is 1. The van der Waals surface area contributed by atoms with Crippen LogP contribution in [0.2, 0.25) is 0 Å². The first-order valence-corrected chi connectivity index (χ1v) is 10.1. The van der Waals surface area contributed by atoms with Crippen molar-refractivity contribution in [2.75, 3.05) is 11.1 Å². The average Bonchev–Trinajstić information content (AvgIpc) is 3.29. The normalized spacial score (nSPS) is 10.8. The second-order valence-corrected chi connectivity index (χ2v) is 7.31. The first kappa shape index (κ1) is 17.7. The van der Waals surface area contributed by atoms with E-state index in [1.807, 2.05) is 40.3 Å². The molecule has 0 saturated carbocycles. The van der Waals surface area contributed by atoms with Gasteiger partial charge in [-0.15, -0.1) is 21.5 Å². The molecule has 1 aromatic carbocycles. The van der Waals surface area contributed by atoms with Gasteiger partial charge in [-0.05, 0) is 42.5 Å². The maximum atomic E-state index is 12.2. The smallest absolute Gasteiger partial charge is 0.234 e. The predicted octanol–water partition coefficient (Wildman–Crippen LogP) is 4.32. The molecule has 0 atom stereocenters. The number of anilines is 1. The molecule has 2 heterocycles. The first-order valence-electron chi connectivity index (χ1n) is 8.20. The van der Waals surface area contributed by atoms with E-state index in [1.165, 1.54) is 17.3 Å². The topological polar surface area (TPSA) is 59.8 Å². The molecule has 0 aliphatic rings. The van der Waals surface area contributed by atoms with Crippen molar-refractivity contribution in [2.24, 2.45) is 0 Å². The van der Waals surface area contributed by atoms with E-state index in [-0.39, 0.29) is 5.91 Å². The van der Waals surface area contributed by atoms with Gasteiger partial charge in [-0.2, -0.15) is 0 Å². The average molecular weight is 373 g/mol. The largest absolute Gasteiger partial charge is 0.325 e. The van der Waals surface area contributed by atoms with Crippen molar-refractivity contribution in [2.45, 2.75) is 32.0 Å². The molecule has 0 saturated heterocycles. The number of aromatic nitrogens is 3. The lowest BCUT2D eigenvalue weighted by Crippen LogP contribution is -2.14. The number of thioether (sulfide) groups is 1. The number of benzene rings is 1. The highest BCUT2D eigenvalue weighted by molar-refractivity contribution is 7.99. The molecular formula is C18H20N4OS2. The second-order valence-electron chi connectivity index (χ2n) is 5.42. The minimum Gasteiger partial charge on any atom is -0.325 e. The Kier molecular flexibility index (Phi) is 5.88. The highest BCUT2D eigenvalue weighted by Gasteiger charge is 2.15. The Bertz CT molecular complexity index is 843. The van der Waals surface area contributed by atoms with Crippen LogP contribution in [0.5, 0.6) is 0 Å². The SMILES string of the molecule is CCc1cccc(NC(=O)CSc2nnc(-c3cccs3)n2CC)c1. The molecule has 0 fully saturated rings. The van der Waals surface area contributed by atoms with Crippen LogP contribution in [0.1, 0.15) is 19.4 Å². The predicted molar refractivity (Wildman–Crippen MR) is 104 cm³/mol. The zero-order valence-corrected chi connectivity index (χ0v) is 15.9. The molecule has 25 heavy (non-hydrogen) atoms. The van der Waals surface area contributed by atoms with Crippen LogP contribution in [-0.4, -0.2) is 26.4 Å². The number of rotatable bonds is 7. The zero-order chi connectivity index (χ0) is 17.6. The summed E-state index contributed by atoms with van der Waals surface area (Å²) in [5, 5.41) is 14.3. The van der Waals surface area contributed by atoms with Gasteiger partial charge in [0.2, 0.25) is 5.91 Å². The van der Waals surface area contributed by atoms with Crippen molar-refractivity contribution in [1.82, 2.24) is 14.8 Å². The highest BCUT2D eigenvalue weighted by Crippen LogP contribution is 2.27. The molecule has 0 radical (unpaired) electrons. The lowest BCUT2D eigenvalue weighted by Gasteiger charge is -2.08. The minimum atomic E-state index is -0.0402. The molecule has 0 aliphatic heterocycles. The highest BCUT2D eigenvalue weighted by atomic mass is 32.2. The molecule has 3 rings (SSSR count). The maximum Gasteiger partial charge on any atom is 0.234 e. The minimum absolute atomic E-state index is 0.0402. The van der Waals surface area contributed by atoms with Crippen LogP contribution in [0.25, 0.3) is 10.7 Å². The number of nitrogens with zero attached hydrogens (tertiary/aromatic N) is 3. The van der Waals surface area contributed by atoms with Gasteiger partial charge < -0.3 is 9.88 Å². The number of aryl methyl sites for hydroxylation is 1. The van der Waals surface area contributed by atoms with Crippen molar-refractivity contribution in [3.05, 3.63) is 47.3 Å². The summed E-state index contributed by atoms with van der Waals surface area (Å²) >= 11 is 3.05. The number of carbonyl (C=O) groups excluding carboxylic acids is 1. The summed E-state index contributed by atoms with van der Waals surface area (Å²) in [7, 11) is 0. The van der Waals surface area contributed by atoms with Crippen LogP contribution < -0.4 is 5.32 Å². The van der Waals surface area contributed by atoms with Gasteiger partial charge >= 0.3 is 0 Å². The number of hydrogen-bond donors (Lipinski definition) is 1. The molecule has 0 spiro atoms. The summed E-state index contributed by atoms with van der Waals surface area (Å²) in [6, 6.07) is 12.0. The van der Waals surface area contributed by atoms with Crippen molar-refractivity contribution in [3.63, 3.8) is 0 Å². The third-order valence-corrected chi connectivity index (χ3v) is 5.56. The molecular weight excluding hydrogens is 352 g/mol. The van der Waals surface area contributed by atoms with E-state index in [0.717, 1.165) is 34.5 Å². The molecule has 1 amide bonds. The van der Waals surface area contributed by atoms with Crippen LogP contribution in [0.3, 0.4) is 0 Å². The van der Waals surface area contributed by atoms with Crippen LogP contribution in [0.15, 0.2) is 46.9 Å². The molecule has 2 aromatic heterocycles. The molecule has 7 heteroatoms. The fourth-order valence-electron chi connectivity index (χ4n) is 2.46. The monoisotopic (exact) mass is 372 g/mol. The Morgan fingerprint density at radius 1 is 1.24 bits per heavy atom. The Hall–Kier alpha value is -2.12. The number of thiophene rings is 1. The Morgan fingerprint density at radius 2 is 2.12 bits per heavy atom. The van der Waals surface area contributed by atoms with Gasteiger partial charge in [0.05, 0.1) is 10.6 Å². The van der Waals surface area contributed by atoms with Gasteiger partial charge in [0.1, 0.15) is 0 Å². The third kappa shape index (κ3) is 4.29. The maximum absolute atomic E-state index is 12.2. The van der Waals surface area contributed by atoms with E-state index in [1.54, 1.807) is 11.3 Å². The van der Waals surface area contributed by atoms with Gasteiger partial charge in [-0.3, -0.25) is 4.79 Å². The van der Waals surface area contributed by atoms with Gasteiger partial charge in [-0.1, -0.05) is 36.9 Å². The molecule has 0 unspecified atom stereocenters. The third-order valence-electron chi connectivity index (χ3n) is 3.73. The second kappa shape index (κ2) is 8.31. The van der Waals surface area contributed by atoms with Crippen LogP contribution in [-0.2, 0) is 17.8 Å². The molecule has 3 aromatic rings. The van der Waals surface area contributed by atoms with E-state index < -0.39 is 0 Å². The summed E-state index contributed by atoms with van der Waals surface area (Å²) in [5.74, 6) is 1.12. The van der Waals surface area contributed by atoms with E-state index >= 15 is 0 Å². The van der Waals surface area contributed by atoms with Crippen LogP contribution in [0, 0.1) is 0 Å². The summed E-state index contributed by atoms with van der Waals surface area (Å²) < 4.78 is 2.04. The van der Waals surface area contributed by atoms with Gasteiger partial charge in [0.25, 0.3) is 0 Å². The molecule has 130 valence electrons. The number of carbonyl (C=O) groups is 1. The number of amides is 1. The summed E-state index contributed by atoms with van der Waals surface area (Å²) in [4.78, 5) is 13.3. The Balaban J connectivity index is 1.64. The van der Waals surface area contributed by atoms with E-state index in [4.69, 9.17) is 0 Å². The summed E-state index contributed by atoms with van der Waals surface area (Å²) in [5.41, 5.74) is 2.04. The van der Waals surface area contributed by atoms with Gasteiger partial charge in [0, 0.05) is 12.2 Å². The summed E-state index contributed by atoms with van der Waals surface area (Å²) in [6.07, 6.45) is 0.948. The molecule has 0 aliphatic carbocycles. The fraction of sp³-hybridized carbons (Fsp3) is 0.278. The number of hydrogen-bond acceptors (Lipinski definition) is 5. The van der Waals surface area contributed by atoms with Crippen LogP contribution in [0.4, 0.5) is 5.69 Å². The van der Waals surface area contributed by atoms with Crippen molar-refractivity contribution >= 4 is 34.7 Å². The van der Waals surface area contributed by atoms with Crippen molar-refractivity contribution in [1.29, 1.82) is 0 Å². The lowest BCUT2D eigenvalue weighted by molar-refractivity contribution is -0.113. The van der Waals surface area contributed by atoms with Crippen molar-refractivity contribution < 1.29 is 4.79 Å². The fourth-order valence-corrected chi connectivity index (χ4v) is 3.98. The van der Waals surface area contributed by atoms with E-state index in [0.29, 0.717) is 5.75 Å². The standard InChI is InChI=1S/C18H20N4OS2/c1-3-13-7-5-8-14(11-13)19-16(23)12-25-18-21-20-17(22(18)4-2)15-9-6-10-24-15/h5-11H,3-4,12H2,1-2H3,(H,19,23). The lowest BCUT2D eigenvalue weighted by atomic mass is 10.1. The molecule has 1 N–H and O–H groups in total. The van der Waals surface area contributed by atoms with E-state index in [2.05, 4.69) is 35.4 Å². The van der Waals surface area contributed by atoms with Gasteiger partial charge in [0.15, 0.2) is 11.0 Å². The van der Waals surface area contributed by atoms with Gasteiger partial charge in [-0.25, -0.2) is 0 Å². The zero-order valence-electron chi connectivity index (χ0n) is 14.2. The Morgan fingerprint density at radius 3 is 2.84 bits per heavy atom. The Labute approximate surface area is 155 Å². The van der Waals surface area contributed by atoms with Crippen LogP contribution >= 0.6 is 23.1 Å².